The lowest BCUT2D eigenvalue weighted by molar-refractivity contribution is -0.133. The number of likely N-dealkylation sites (tertiary alicyclic amines) is 1. The molecule has 0 aliphatic carbocycles. The highest BCUT2D eigenvalue weighted by Gasteiger charge is 2.34. The largest absolute Gasteiger partial charge is 0.373 e. The van der Waals surface area contributed by atoms with Crippen molar-refractivity contribution in [3.05, 3.63) is 0 Å². The summed E-state index contributed by atoms with van der Waals surface area (Å²) in [7, 11) is 4.01. The minimum Gasteiger partial charge on any atom is -0.373 e. The van der Waals surface area contributed by atoms with Crippen molar-refractivity contribution >= 4 is 5.91 Å². The van der Waals surface area contributed by atoms with Crippen LogP contribution in [0.4, 0.5) is 0 Å². The van der Waals surface area contributed by atoms with E-state index in [1.807, 2.05) is 21.0 Å². The molecule has 0 saturated carbocycles. The van der Waals surface area contributed by atoms with Gasteiger partial charge < -0.3 is 14.9 Å². The van der Waals surface area contributed by atoms with Crippen LogP contribution < -0.4 is 0 Å². The molecule has 0 bridgehead atoms. The zero-order valence-corrected chi connectivity index (χ0v) is 9.23. The summed E-state index contributed by atoms with van der Waals surface area (Å²) in [5.41, 5.74) is 0. The minimum atomic E-state index is -0.565. The van der Waals surface area contributed by atoms with Crippen molar-refractivity contribution in [1.82, 2.24) is 9.80 Å². The van der Waals surface area contributed by atoms with Gasteiger partial charge >= 0.3 is 0 Å². The maximum Gasteiger partial charge on any atom is 0.225 e. The number of carbonyl (C=O) groups is 1. The van der Waals surface area contributed by atoms with Crippen LogP contribution in [-0.2, 0) is 4.79 Å². The number of amides is 1. The van der Waals surface area contributed by atoms with E-state index in [-0.39, 0.29) is 11.8 Å². The van der Waals surface area contributed by atoms with E-state index in [0.717, 1.165) is 13.0 Å². The summed E-state index contributed by atoms with van der Waals surface area (Å²) in [6.45, 7) is 3.53. The van der Waals surface area contributed by atoms with Crippen molar-refractivity contribution in [3.63, 3.8) is 0 Å². The molecule has 0 aromatic carbocycles. The summed E-state index contributed by atoms with van der Waals surface area (Å²) in [5, 5.41) is 9.68. The van der Waals surface area contributed by atoms with Gasteiger partial charge in [0, 0.05) is 18.9 Å². The fraction of sp³-hybridized carbons (Fsp3) is 0.900. The van der Waals surface area contributed by atoms with Crippen LogP contribution in [0.15, 0.2) is 0 Å². The summed E-state index contributed by atoms with van der Waals surface area (Å²) in [4.78, 5) is 15.1. The third-order valence-electron chi connectivity index (χ3n) is 2.65. The highest BCUT2D eigenvalue weighted by atomic mass is 16.3. The quantitative estimate of drug-likeness (QED) is 0.701. The Kier molecular flexibility index (Phi) is 3.89. The van der Waals surface area contributed by atoms with Crippen LogP contribution in [0, 0.1) is 5.92 Å². The van der Waals surface area contributed by atoms with Gasteiger partial charge in [-0.15, -0.1) is 0 Å². The molecule has 1 heterocycles. The van der Waals surface area contributed by atoms with Crippen LogP contribution in [0.2, 0.25) is 0 Å². The van der Waals surface area contributed by atoms with E-state index in [9.17, 15) is 9.90 Å². The summed E-state index contributed by atoms with van der Waals surface area (Å²) in [6, 6.07) is 0. The van der Waals surface area contributed by atoms with Crippen LogP contribution in [0.3, 0.4) is 0 Å². The smallest absolute Gasteiger partial charge is 0.225 e. The second kappa shape index (κ2) is 4.75. The first-order valence-electron chi connectivity index (χ1n) is 5.14. The molecule has 14 heavy (non-hydrogen) atoms. The molecule has 2 unspecified atom stereocenters. The number of rotatable bonds is 4. The Balaban J connectivity index is 2.33. The standard InChI is InChI=1S/C10H20N2O2/c1-8-7-9(13)12(10(8)14)6-4-5-11(2)3/h8,10,14H,4-7H2,1-3H3. The highest BCUT2D eigenvalue weighted by molar-refractivity contribution is 5.78. The first-order chi connectivity index (χ1) is 6.52. The zero-order chi connectivity index (χ0) is 10.7. The molecule has 1 aliphatic heterocycles. The SMILES string of the molecule is CC1CC(=O)N(CCCN(C)C)C1O. The summed E-state index contributed by atoms with van der Waals surface area (Å²) in [5.74, 6) is 0.172. The normalized spacial score (nSPS) is 27.8. The van der Waals surface area contributed by atoms with Crippen LogP contribution in [-0.4, -0.2) is 54.2 Å². The van der Waals surface area contributed by atoms with Gasteiger partial charge in [0.15, 0.2) is 0 Å². The van der Waals surface area contributed by atoms with E-state index >= 15 is 0 Å². The van der Waals surface area contributed by atoms with Crippen molar-refractivity contribution in [3.8, 4) is 0 Å². The number of hydrogen-bond donors (Lipinski definition) is 1. The lowest BCUT2D eigenvalue weighted by Gasteiger charge is -2.22. The second-order valence-corrected chi connectivity index (χ2v) is 4.34. The van der Waals surface area contributed by atoms with Crippen LogP contribution in [0.5, 0.6) is 0 Å². The van der Waals surface area contributed by atoms with Gasteiger partial charge in [0.25, 0.3) is 0 Å². The van der Waals surface area contributed by atoms with E-state index < -0.39 is 6.23 Å². The topological polar surface area (TPSA) is 43.8 Å². The van der Waals surface area contributed by atoms with Crippen molar-refractivity contribution in [1.29, 1.82) is 0 Å². The van der Waals surface area contributed by atoms with Crippen molar-refractivity contribution < 1.29 is 9.90 Å². The molecule has 0 aromatic rings. The molecule has 0 spiro atoms. The maximum absolute atomic E-state index is 11.4. The summed E-state index contributed by atoms with van der Waals surface area (Å²) in [6.07, 6.45) is 0.843. The first kappa shape index (κ1) is 11.5. The first-order valence-corrected chi connectivity index (χ1v) is 5.14. The minimum absolute atomic E-state index is 0.0851. The molecule has 0 aromatic heterocycles. The van der Waals surface area contributed by atoms with Gasteiger partial charge in [-0.1, -0.05) is 6.92 Å². The average molecular weight is 200 g/mol. The van der Waals surface area contributed by atoms with Crippen molar-refractivity contribution in [2.45, 2.75) is 26.0 Å². The van der Waals surface area contributed by atoms with Crippen molar-refractivity contribution in [2.75, 3.05) is 27.2 Å². The maximum atomic E-state index is 11.4. The number of nitrogens with zero attached hydrogens (tertiary/aromatic N) is 2. The molecule has 0 radical (unpaired) electrons. The fourth-order valence-electron chi connectivity index (χ4n) is 1.77. The van der Waals surface area contributed by atoms with Gasteiger partial charge in [0.05, 0.1) is 0 Å². The Morgan fingerprint density at radius 3 is 2.64 bits per heavy atom. The highest BCUT2D eigenvalue weighted by Crippen LogP contribution is 2.22. The van der Waals surface area contributed by atoms with E-state index in [1.54, 1.807) is 4.90 Å². The molecule has 1 aliphatic rings. The average Bonchev–Trinajstić information content (AvgIpc) is 2.31. The Morgan fingerprint density at radius 1 is 1.57 bits per heavy atom. The molecular weight excluding hydrogens is 180 g/mol. The van der Waals surface area contributed by atoms with E-state index in [0.29, 0.717) is 13.0 Å². The van der Waals surface area contributed by atoms with Gasteiger partial charge in [-0.3, -0.25) is 4.79 Å². The van der Waals surface area contributed by atoms with Gasteiger partial charge in [0.2, 0.25) is 5.91 Å². The zero-order valence-electron chi connectivity index (χ0n) is 9.23. The number of aliphatic hydroxyl groups excluding tert-OH is 1. The Morgan fingerprint density at radius 2 is 2.21 bits per heavy atom. The third kappa shape index (κ3) is 2.69. The second-order valence-electron chi connectivity index (χ2n) is 4.34. The van der Waals surface area contributed by atoms with Gasteiger partial charge in [0.1, 0.15) is 6.23 Å². The molecular formula is C10H20N2O2. The molecule has 4 heteroatoms. The van der Waals surface area contributed by atoms with E-state index in [2.05, 4.69) is 4.90 Å². The predicted octanol–water partition coefficient (Wildman–Crippen LogP) is 0.125. The molecule has 1 fully saturated rings. The van der Waals surface area contributed by atoms with Crippen LogP contribution in [0.25, 0.3) is 0 Å². The third-order valence-corrected chi connectivity index (χ3v) is 2.65. The lowest BCUT2D eigenvalue weighted by Crippen LogP contribution is -2.36. The molecule has 1 amide bonds. The Hall–Kier alpha value is -0.610. The lowest BCUT2D eigenvalue weighted by atomic mass is 10.1. The number of carbonyl (C=O) groups excluding carboxylic acids is 1. The fourth-order valence-corrected chi connectivity index (χ4v) is 1.77. The van der Waals surface area contributed by atoms with Gasteiger partial charge in [-0.25, -0.2) is 0 Å². The van der Waals surface area contributed by atoms with E-state index in [1.165, 1.54) is 0 Å². The molecule has 1 N–H and O–H groups in total. The molecule has 2 atom stereocenters. The van der Waals surface area contributed by atoms with Gasteiger partial charge in [-0.2, -0.15) is 0 Å². The van der Waals surface area contributed by atoms with E-state index in [4.69, 9.17) is 0 Å². The molecule has 82 valence electrons. The van der Waals surface area contributed by atoms with Crippen molar-refractivity contribution in [2.24, 2.45) is 5.92 Å². The predicted molar refractivity (Wildman–Crippen MR) is 54.7 cm³/mol. The van der Waals surface area contributed by atoms with Crippen LogP contribution in [0.1, 0.15) is 19.8 Å². The molecule has 4 nitrogen and oxygen atoms in total. The number of hydrogen-bond acceptors (Lipinski definition) is 3. The summed E-state index contributed by atoms with van der Waals surface area (Å²) >= 11 is 0. The monoisotopic (exact) mass is 200 g/mol. The van der Waals surface area contributed by atoms with Gasteiger partial charge in [-0.05, 0) is 27.1 Å². The summed E-state index contributed by atoms with van der Waals surface area (Å²) < 4.78 is 0. The Labute approximate surface area is 85.5 Å². The Bertz CT molecular complexity index is 206. The molecule has 1 saturated heterocycles. The molecule has 1 rings (SSSR count). The van der Waals surface area contributed by atoms with Crippen LogP contribution >= 0.6 is 0 Å². The number of aliphatic hydroxyl groups is 1.